The first kappa shape index (κ1) is 33.9. The van der Waals surface area contributed by atoms with Gasteiger partial charge in [0.15, 0.2) is 11.6 Å². The van der Waals surface area contributed by atoms with Gasteiger partial charge in [0, 0.05) is 38.0 Å². The van der Waals surface area contributed by atoms with Crippen LogP contribution < -0.4 is 16.0 Å². The quantitative estimate of drug-likeness (QED) is 0.253. The van der Waals surface area contributed by atoms with Gasteiger partial charge < -0.3 is 20.9 Å². The van der Waals surface area contributed by atoms with Gasteiger partial charge in [-0.2, -0.15) is 10.2 Å². The number of H-pyrrole nitrogens is 1. The molecule has 4 N–H and O–H groups in total. The third kappa shape index (κ3) is 8.69. The molecule has 0 spiro atoms. The number of nitrogens with one attached hydrogen (secondary N) is 4. The number of aromatic nitrogens is 6. The van der Waals surface area contributed by atoms with Gasteiger partial charge in [-0.1, -0.05) is 62.4 Å². The largest absolute Gasteiger partial charge is 0.354 e. The van der Waals surface area contributed by atoms with Gasteiger partial charge in [0.25, 0.3) is 5.91 Å². The molecule has 14 nitrogen and oxygen atoms in total. The SMILES string of the molecule is Cc1nc2n(n1)CC(=O)NCCCN(C(=O)c1ccccc1-c1ncn[nH]1)CCCC(=O)N[C@H](Cc1ccccc1)C(=O)N[C@H]2C(C)C. The summed E-state index contributed by atoms with van der Waals surface area (Å²) < 4.78 is 1.51. The highest BCUT2D eigenvalue weighted by Crippen LogP contribution is 2.23. The van der Waals surface area contributed by atoms with Crippen LogP contribution in [0.1, 0.15) is 66.7 Å². The molecule has 0 saturated carbocycles. The summed E-state index contributed by atoms with van der Waals surface area (Å²) in [7, 11) is 0. The van der Waals surface area contributed by atoms with Crippen LogP contribution in [0, 0.1) is 12.8 Å². The normalized spacial score (nSPS) is 18.7. The minimum absolute atomic E-state index is 0.0873. The van der Waals surface area contributed by atoms with Gasteiger partial charge in [0.05, 0.1) is 11.6 Å². The second kappa shape index (κ2) is 15.9. The Morgan fingerprint density at radius 3 is 2.46 bits per heavy atom. The predicted octanol–water partition coefficient (Wildman–Crippen LogP) is 2.35. The molecule has 0 unspecified atom stereocenters. The van der Waals surface area contributed by atoms with Gasteiger partial charge >= 0.3 is 0 Å². The minimum atomic E-state index is -0.868. The molecule has 4 amide bonds. The zero-order valence-corrected chi connectivity index (χ0v) is 27.5. The third-order valence-corrected chi connectivity index (χ3v) is 8.15. The van der Waals surface area contributed by atoms with Crippen LogP contribution in [0.2, 0.25) is 0 Å². The minimum Gasteiger partial charge on any atom is -0.354 e. The van der Waals surface area contributed by atoms with Crippen molar-refractivity contribution >= 4 is 23.6 Å². The molecule has 2 aromatic carbocycles. The van der Waals surface area contributed by atoms with Crippen molar-refractivity contribution in [3.63, 3.8) is 0 Å². The number of hydrogen-bond donors (Lipinski definition) is 4. The highest BCUT2D eigenvalue weighted by atomic mass is 16.2. The maximum Gasteiger partial charge on any atom is 0.254 e. The summed E-state index contributed by atoms with van der Waals surface area (Å²) in [5.74, 6) is 0.147. The lowest BCUT2D eigenvalue weighted by atomic mass is 10.0. The van der Waals surface area contributed by atoms with Crippen LogP contribution in [0.3, 0.4) is 0 Å². The zero-order valence-electron chi connectivity index (χ0n) is 27.5. The Morgan fingerprint density at radius 2 is 1.71 bits per heavy atom. The summed E-state index contributed by atoms with van der Waals surface area (Å²) >= 11 is 0. The van der Waals surface area contributed by atoms with E-state index in [-0.39, 0.29) is 55.5 Å². The summed E-state index contributed by atoms with van der Waals surface area (Å²) in [5.41, 5.74) is 1.94. The number of benzene rings is 2. The molecule has 2 aromatic heterocycles. The molecule has 0 aliphatic carbocycles. The third-order valence-electron chi connectivity index (χ3n) is 8.15. The Kier molecular flexibility index (Phi) is 11.3. The number of aromatic amines is 1. The van der Waals surface area contributed by atoms with Crippen molar-refractivity contribution in [2.45, 2.75) is 65.1 Å². The molecular formula is C34H42N10O4. The van der Waals surface area contributed by atoms with Gasteiger partial charge in [-0.15, -0.1) is 0 Å². The van der Waals surface area contributed by atoms with Crippen LogP contribution in [-0.2, 0) is 27.3 Å². The molecule has 0 radical (unpaired) electrons. The molecule has 0 saturated heterocycles. The van der Waals surface area contributed by atoms with Gasteiger partial charge in [0.1, 0.15) is 24.7 Å². The van der Waals surface area contributed by atoms with E-state index in [0.717, 1.165) is 5.56 Å². The number of fused-ring (bicyclic) bond motifs is 1. The number of nitrogens with zero attached hydrogens (tertiary/aromatic N) is 6. The van der Waals surface area contributed by atoms with Crippen LogP contribution in [0.5, 0.6) is 0 Å². The van der Waals surface area contributed by atoms with Crippen LogP contribution >= 0.6 is 0 Å². The molecule has 5 rings (SSSR count). The molecule has 0 fully saturated rings. The first-order valence-corrected chi connectivity index (χ1v) is 16.3. The van der Waals surface area contributed by atoms with Crippen LogP contribution in [0.4, 0.5) is 0 Å². The van der Waals surface area contributed by atoms with E-state index in [1.807, 2.05) is 50.2 Å². The molecule has 1 aliphatic rings. The van der Waals surface area contributed by atoms with E-state index >= 15 is 0 Å². The maximum atomic E-state index is 13.9. The van der Waals surface area contributed by atoms with E-state index in [0.29, 0.717) is 54.5 Å². The fraction of sp³-hybridized carbons (Fsp3) is 0.412. The number of amides is 4. The van der Waals surface area contributed by atoms with Crippen molar-refractivity contribution in [2.75, 3.05) is 19.6 Å². The van der Waals surface area contributed by atoms with Crippen LogP contribution in [-0.4, -0.2) is 84.2 Å². The van der Waals surface area contributed by atoms with Crippen molar-refractivity contribution in [1.82, 2.24) is 50.8 Å². The smallest absolute Gasteiger partial charge is 0.254 e. The van der Waals surface area contributed by atoms with Gasteiger partial charge in [-0.25, -0.2) is 14.6 Å². The summed E-state index contributed by atoms with van der Waals surface area (Å²) in [4.78, 5) is 64.6. The highest BCUT2D eigenvalue weighted by molar-refractivity contribution is 6.00. The predicted molar refractivity (Wildman–Crippen MR) is 177 cm³/mol. The second-order valence-electron chi connectivity index (χ2n) is 12.2. The number of carbonyl (C=O) groups is 4. The van der Waals surface area contributed by atoms with Crippen LogP contribution in [0.25, 0.3) is 11.4 Å². The number of aryl methyl sites for hydroxylation is 1. The fourth-order valence-electron chi connectivity index (χ4n) is 5.74. The Balaban J connectivity index is 1.41. The Hall–Kier alpha value is -5.40. The van der Waals surface area contributed by atoms with Crippen molar-refractivity contribution < 1.29 is 19.2 Å². The van der Waals surface area contributed by atoms with Gasteiger partial charge in [0.2, 0.25) is 17.7 Å². The maximum absolute atomic E-state index is 13.9. The standard InChI is InChI=1S/C34H42N10O4/c1-22(2)30-32-38-23(3)42-44(32)20-29(46)35-16-10-18-43(34(48)26-14-8-7-13-25(26)31-36-21-37-41-31)17-9-15-28(45)39-27(33(47)40-30)19-24-11-5-4-6-12-24/h4-8,11-14,21-22,27,30H,9-10,15-20H2,1-3H3,(H,35,46)(H,39,45)(H,40,47)(H,36,37,41)/t27-,30+/m1/s1. The Labute approximate surface area is 279 Å². The van der Waals surface area contributed by atoms with Crippen molar-refractivity contribution in [1.29, 1.82) is 0 Å². The molecule has 3 heterocycles. The van der Waals surface area contributed by atoms with E-state index in [4.69, 9.17) is 0 Å². The lowest BCUT2D eigenvalue weighted by Crippen LogP contribution is -2.50. The highest BCUT2D eigenvalue weighted by Gasteiger charge is 2.30. The van der Waals surface area contributed by atoms with E-state index in [1.165, 1.54) is 11.0 Å². The van der Waals surface area contributed by atoms with E-state index in [2.05, 4.69) is 41.2 Å². The van der Waals surface area contributed by atoms with Crippen molar-refractivity contribution in [3.05, 3.63) is 83.7 Å². The van der Waals surface area contributed by atoms with E-state index in [9.17, 15) is 19.2 Å². The molecular weight excluding hydrogens is 612 g/mol. The first-order valence-electron chi connectivity index (χ1n) is 16.3. The molecule has 0 bridgehead atoms. The summed E-state index contributed by atoms with van der Waals surface area (Å²) in [6.45, 7) is 6.50. The van der Waals surface area contributed by atoms with Crippen LogP contribution in [0.15, 0.2) is 60.9 Å². The zero-order chi connectivity index (χ0) is 34.0. The van der Waals surface area contributed by atoms with Crippen molar-refractivity contribution in [2.24, 2.45) is 5.92 Å². The molecule has 48 heavy (non-hydrogen) atoms. The average molecular weight is 655 g/mol. The summed E-state index contributed by atoms with van der Waals surface area (Å²) in [5, 5.41) is 20.1. The molecule has 14 heteroatoms. The van der Waals surface area contributed by atoms with Gasteiger partial charge in [-0.3, -0.25) is 24.3 Å². The van der Waals surface area contributed by atoms with Crippen molar-refractivity contribution in [3.8, 4) is 11.4 Å². The number of hydrogen-bond acceptors (Lipinski definition) is 8. The molecule has 2 atom stereocenters. The Bertz CT molecular complexity index is 1700. The average Bonchev–Trinajstić information content (AvgIpc) is 3.74. The topological polar surface area (TPSA) is 180 Å². The van der Waals surface area contributed by atoms with E-state index < -0.39 is 12.1 Å². The monoisotopic (exact) mass is 654 g/mol. The fourth-order valence-corrected chi connectivity index (χ4v) is 5.74. The summed E-state index contributed by atoms with van der Waals surface area (Å²) in [6.07, 6.45) is 2.61. The number of carbonyl (C=O) groups excluding carboxylic acids is 4. The Morgan fingerprint density at radius 1 is 0.958 bits per heavy atom. The summed E-state index contributed by atoms with van der Waals surface area (Å²) in [6, 6.07) is 15.2. The number of rotatable bonds is 5. The molecule has 1 aliphatic heterocycles. The molecule has 252 valence electrons. The van der Waals surface area contributed by atoms with Gasteiger partial charge in [-0.05, 0) is 37.3 Å². The first-order chi connectivity index (χ1) is 23.2. The molecule has 4 aromatic rings. The van der Waals surface area contributed by atoms with E-state index in [1.54, 1.807) is 30.0 Å². The lowest BCUT2D eigenvalue weighted by Gasteiger charge is -2.26. The second-order valence-corrected chi connectivity index (χ2v) is 12.2. The lowest BCUT2D eigenvalue weighted by molar-refractivity contribution is -0.129.